The van der Waals surface area contributed by atoms with Gasteiger partial charge in [-0.25, -0.2) is 13.6 Å². The maximum Gasteiger partial charge on any atom is 0.416 e. The van der Waals surface area contributed by atoms with Crippen molar-refractivity contribution < 1.29 is 52.5 Å². The van der Waals surface area contributed by atoms with E-state index in [0.717, 1.165) is 24.0 Å². The molecule has 2 aliphatic carbocycles. The zero-order valence-corrected chi connectivity index (χ0v) is 38.2. The van der Waals surface area contributed by atoms with Gasteiger partial charge in [0.05, 0.1) is 23.2 Å². The molecule has 67 heavy (non-hydrogen) atoms. The molecule has 0 radical (unpaired) electrons. The molecule has 13 nitrogen and oxygen atoms in total. The summed E-state index contributed by atoms with van der Waals surface area (Å²) >= 11 is 0. The lowest BCUT2D eigenvalue weighted by molar-refractivity contribution is -0.384. The van der Waals surface area contributed by atoms with Crippen LogP contribution in [0.15, 0.2) is 120 Å². The van der Waals surface area contributed by atoms with Gasteiger partial charge in [0.2, 0.25) is 5.79 Å². The van der Waals surface area contributed by atoms with Crippen molar-refractivity contribution in [2.24, 2.45) is 22.9 Å². The predicted octanol–water partition coefficient (Wildman–Crippen LogP) is 10.6. The molecule has 3 aliphatic rings. The highest BCUT2D eigenvalue weighted by Crippen LogP contribution is 2.62. The molecule has 0 bridgehead atoms. The summed E-state index contributed by atoms with van der Waals surface area (Å²) in [5.74, 6) is -2.77. The lowest BCUT2D eigenvalue weighted by atomic mass is 9.55. The molecule has 0 unspecified atom stereocenters. The number of allylic oxidation sites excluding steroid dienone is 1. The summed E-state index contributed by atoms with van der Waals surface area (Å²) in [5, 5.41) is 36.3. The molecule has 6 atom stereocenters. The first-order chi connectivity index (χ1) is 32.2. The SMILES string of the molecule is C=CCO[C@@]12Oc3ccc(OCc4ccccc4F)cc3[C@H]3[C@H](CCCCO)[C@@H](CCCCO)C=C(C(=NOC(C)(C)C)C[C@@H]1N(Cc1ccc(F)cc1)C(=O)Oc1ccc([N+](=O)[O-])cc1)[C@H]32. The molecule has 0 spiro atoms. The Morgan fingerprint density at radius 1 is 0.970 bits per heavy atom. The normalized spacial score (nSPS) is 22.4. The number of rotatable bonds is 20. The number of carbonyl (C=O) groups excluding carboxylic acids is 1. The van der Waals surface area contributed by atoms with Gasteiger partial charge in [-0.1, -0.05) is 60.5 Å². The first kappa shape index (κ1) is 48.8. The quantitative estimate of drug-likeness (QED) is 0.0378. The van der Waals surface area contributed by atoms with Gasteiger partial charge in [0.15, 0.2) is 0 Å². The van der Waals surface area contributed by atoms with Crippen molar-refractivity contribution in [3.05, 3.63) is 154 Å². The van der Waals surface area contributed by atoms with Gasteiger partial charge in [0.1, 0.15) is 47.1 Å². The average molecular weight is 924 g/mol. The summed E-state index contributed by atoms with van der Waals surface area (Å²) in [6, 6.07) is 21.8. The third-order valence-electron chi connectivity index (χ3n) is 12.6. The van der Waals surface area contributed by atoms with Crippen molar-refractivity contribution in [1.82, 2.24) is 4.90 Å². The van der Waals surface area contributed by atoms with E-state index in [9.17, 15) is 33.9 Å². The molecule has 1 heterocycles. The van der Waals surface area contributed by atoms with Crippen LogP contribution in [-0.2, 0) is 22.7 Å². The number of nitro groups is 1. The molecule has 0 saturated heterocycles. The Hall–Kier alpha value is -6.16. The predicted molar refractivity (Wildman–Crippen MR) is 248 cm³/mol. The van der Waals surface area contributed by atoms with Crippen LogP contribution in [0.2, 0.25) is 0 Å². The van der Waals surface area contributed by atoms with E-state index in [2.05, 4.69) is 12.7 Å². The van der Waals surface area contributed by atoms with Crippen molar-refractivity contribution in [3.63, 3.8) is 0 Å². The molecule has 2 N–H and O–H groups in total. The first-order valence-corrected chi connectivity index (χ1v) is 22.9. The number of amides is 1. The van der Waals surface area contributed by atoms with Crippen LogP contribution in [0.1, 0.15) is 88.3 Å². The molecule has 1 amide bonds. The van der Waals surface area contributed by atoms with Crippen LogP contribution >= 0.6 is 0 Å². The standard InChI is InChI=1S/C52H59F2N3O10/c1-5-28-64-52-47(56(32-34-16-18-37(53)19-17-34)50(60)65-39-22-20-38(21-23-39)57(61)62)31-45(55-67-51(2,3)4)42-29-35(12-8-10-26-58)41(14-9-11-27-59)48(49(42)52)43-30-40(24-25-46(43)66-52)63-33-36-13-6-7-15-44(36)54/h5-7,13,15-25,29-30,35,41,47-49,58-59H,1,8-12,14,26-28,31-33H2,2-4H3/t35-,41+,47-,48+,49+,52+/m0/s1. The minimum absolute atomic E-state index is 0.00592. The molecule has 15 heteroatoms. The Morgan fingerprint density at radius 2 is 1.67 bits per heavy atom. The minimum Gasteiger partial charge on any atom is -0.489 e. The summed E-state index contributed by atoms with van der Waals surface area (Å²) in [6.07, 6.45) is 7.04. The fourth-order valence-corrected chi connectivity index (χ4v) is 9.59. The number of oxime groups is 1. The van der Waals surface area contributed by atoms with E-state index in [1.54, 1.807) is 48.5 Å². The van der Waals surface area contributed by atoms with Gasteiger partial charge in [0, 0.05) is 55.4 Å². The lowest BCUT2D eigenvalue weighted by Gasteiger charge is -2.60. The fourth-order valence-electron chi connectivity index (χ4n) is 9.59. The fraction of sp³-hybridized carbons (Fsp3) is 0.423. The molecular formula is C52H59F2N3O10. The number of halogens is 2. The number of hydrogen-bond donors (Lipinski definition) is 2. The zero-order chi connectivity index (χ0) is 47.7. The van der Waals surface area contributed by atoms with Crippen molar-refractivity contribution >= 4 is 17.5 Å². The number of nitrogens with zero attached hydrogens (tertiary/aromatic N) is 3. The second-order valence-electron chi connectivity index (χ2n) is 18.2. The summed E-state index contributed by atoms with van der Waals surface area (Å²) in [4.78, 5) is 33.7. The van der Waals surface area contributed by atoms with Crippen LogP contribution in [0.3, 0.4) is 0 Å². The van der Waals surface area contributed by atoms with Crippen molar-refractivity contribution in [3.8, 4) is 17.2 Å². The third-order valence-corrected chi connectivity index (χ3v) is 12.6. The van der Waals surface area contributed by atoms with E-state index in [1.165, 1.54) is 47.4 Å². The molecule has 0 aromatic heterocycles. The van der Waals surface area contributed by atoms with E-state index in [0.29, 0.717) is 54.0 Å². The molecule has 1 saturated carbocycles. The Bertz CT molecular complexity index is 2420. The van der Waals surface area contributed by atoms with Gasteiger partial charge in [-0.3, -0.25) is 15.0 Å². The maximum absolute atomic E-state index is 15.0. The van der Waals surface area contributed by atoms with Crippen molar-refractivity contribution in [1.29, 1.82) is 0 Å². The Kier molecular flexibility index (Phi) is 15.8. The Labute approximate surface area is 389 Å². The van der Waals surface area contributed by atoms with E-state index < -0.39 is 46.1 Å². The molecule has 4 aromatic carbocycles. The number of fused-ring (bicyclic) bond motifs is 2. The zero-order valence-electron chi connectivity index (χ0n) is 38.2. The van der Waals surface area contributed by atoms with Crippen LogP contribution in [0.5, 0.6) is 17.2 Å². The third kappa shape index (κ3) is 11.3. The summed E-state index contributed by atoms with van der Waals surface area (Å²) in [6.45, 7) is 9.54. The number of non-ortho nitro benzene ring substituents is 1. The number of aliphatic hydroxyl groups excluding tert-OH is 2. The average Bonchev–Trinajstić information content (AvgIpc) is 3.30. The highest BCUT2D eigenvalue weighted by atomic mass is 19.1. The van der Waals surface area contributed by atoms with Gasteiger partial charge < -0.3 is 34.0 Å². The van der Waals surface area contributed by atoms with Gasteiger partial charge >= 0.3 is 6.09 Å². The monoisotopic (exact) mass is 923 g/mol. The van der Waals surface area contributed by atoms with Crippen molar-refractivity contribution in [2.45, 2.75) is 102 Å². The number of unbranched alkanes of at least 4 members (excludes halogenated alkanes) is 2. The van der Waals surface area contributed by atoms with Crippen LogP contribution in [0, 0.1) is 39.5 Å². The molecular weight excluding hydrogens is 865 g/mol. The maximum atomic E-state index is 15.0. The molecule has 1 fully saturated rings. The van der Waals surface area contributed by atoms with E-state index in [1.807, 2.05) is 26.8 Å². The van der Waals surface area contributed by atoms with Gasteiger partial charge in [-0.05, 0) is 118 Å². The number of benzene rings is 4. The smallest absolute Gasteiger partial charge is 0.416 e. The van der Waals surface area contributed by atoms with Crippen LogP contribution in [0.4, 0.5) is 19.3 Å². The molecule has 1 aliphatic heterocycles. The largest absolute Gasteiger partial charge is 0.489 e. The number of nitro benzene ring substituents is 1. The number of aliphatic hydroxyl groups is 2. The van der Waals surface area contributed by atoms with E-state index in [-0.39, 0.29) is 68.5 Å². The summed E-state index contributed by atoms with van der Waals surface area (Å²) < 4.78 is 55.9. The highest BCUT2D eigenvalue weighted by molar-refractivity contribution is 6.03. The van der Waals surface area contributed by atoms with Crippen LogP contribution < -0.4 is 14.2 Å². The number of ether oxygens (including phenoxy) is 4. The van der Waals surface area contributed by atoms with E-state index in [4.69, 9.17) is 28.9 Å². The number of carbonyl (C=O) groups is 1. The van der Waals surface area contributed by atoms with E-state index >= 15 is 0 Å². The Balaban J connectivity index is 1.45. The van der Waals surface area contributed by atoms with Crippen molar-refractivity contribution in [2.75, 3.05) is 19.8 Å². The summed E-state index contributed by atoms with van der Waals surface area (Å²) in [7, 11) is 0. The van der Waals surface area contributed by atoms with Gasteiger partial charge in [-0.2, -0.15) is 0 Å². The Morgan fingerprint density at radius 3 is 2.34 bits per heavy atom. The summed E-state index contributed by atoms with van der Waals surface area (Å²) in [5.41, 5.74) is 2.18. The topological polar surface area (TPSA) is 162 Å². The molecule has 7 rings (SSSR count). The molecule has 356 valence electrons. The molecule has 4 aromatic rings. The lowest BCUT2D eigenvalue weighted by Crippen LogP contribution is -2.70. The first-order valence-electron chi connectivity index (χ1n) is 22.9. The second-order valence-corrected chi connectivity index (χ2v) is 18.2. The number of hydrogen-bond acceptors (Lipinski definition) is 11. The minimum atomic E-state index is -1.67. The van der Waals surface area contributed by atoms with Gasteiger partial charge in [-0.15, -0.1) is 6.58 Å². The van der Waals surface area contributed by atoms with Gasteiger partial charge in [0.25, 0.3) is 5.69 Å². The van der Waals surface area contributed by atoms with Crippen LogP contribution in [-0.4, -0.2) is 69.1 Å². The second kappa shape index (κ2) is 21.6. The highest BCUT2D eigenvalue weighted by Gasteiger charge is 2.66. The van der Waals surface area contributed by atoms with Crippen LogP contribution in [0.25, 0.3) is 0 Å².